The molecule has 2 heterocycles. The summed E-state index contributed by atoms with van der Waals surface area (Å²) in [5.74, 6) is 0.363. The molecule has 0 spiro atoms. The fraction of sp³-hybridized carbons (Fsp3) is 0.294. The lowest BCUT2D eigenvalue weighted by Crippen LogP contribution is -2.14. The Bertz CT molecular complexity index is 914. The monoisotopic (exact) mass is 324 g/mol. The Hall–Kier alpha value is -2.34. The first-order valence-electron chi connectivity index (χ1n) is 7.63. The summed E-state index contributed by atoms with van der Waals surface area (Å²) in [5.41, 5.74) is 3.33. The second-order valence-corrected chi connectivity index (χ2v) is 7.00. The maximum Gasteiger partial charge on any atom is 0.259 e. The Labute approximate surface area is 137 Å². The number of aromatic nitrogens is 3. The molecule has 0 atom stereocenters. The summed E-state index contributed by atoms with van der Waals surface area (Å²) in [6.07, 6.45) is 2.35. The number of aryl methyl sites for hydroxylation is 2. The Balaban J connectivity index is 1.63. The number of nitrogens with zero attached hydrogens (tertiary/aromatic N) is 3. The number of anilines is 1. The zero-order valence-electron chi connectivity index (χ0n) is 13.0. The van der Waals surface area contributed by atoms with E-state index >= 15 is 0 Å². The van der Waals surface area contributed by atoms with E-state index < -0.39 is 0 Å². The second-order valence-electron chi connectivity index (χ2n) is 5.99. The number of carbonyl (C=O) groups excluding carboxylic acids is 1. The van der Waals surface area contributed by atoms with Crippen LogP contribution >= 0.6 is 11.3 Å². The molecule has 1 fully saturated rings. The van der Waals surface area contributed by atoms with Crippen LogP contribution in [0.4, 0.5) is 5.13 Å². The van der Waals surface area contributed by atoms with Crippen molar-refractivity contribution in [1.29, 1.82) is 0 Å². The number of rotatable bonds is 3. The van der Waals surface area contributed by atoms with Crippen molar-refractivity contribution < 1.29 is 4.79 Å². The molecule has 0 aliphatic heterocycles. The van der Waals surface area contributed by atoms with E-state index in [4.69, 9.17) is 0 Å². The summed E-state index contributed by atoms with van der Waals surface area (Å²) in [6, 6.07) is 7.93. The fourth-order valence-corrected chi connectivity index (χ4v) is 3.47. The van der Waals surface area contributed by atoms with E-state index in [-0.39, 0.29) is 5.91 Å². The molecule has 0 saturated heterocycles. The van der Waals surface area contributed by atoms with E-state index in [9.17, 15) is 4.79 Å². The maximum absolute atomic E-state index is 12.5. The van der Waals surface area contributed by atoms with E-state index in [1.54, 1.807) is 0 Å². The molecule has 3 aromatic rings. The first-order chi connectivity index (χ1) is 11.1. The van der Waals surface area contributed by atoms with Crippen molar-refractivity contribution >= 4 is 33.3 Å². The summed E-state index contributed by atoms with van der Waals surface area (Å²) < 4.78 is 0. The van der Waals surface area contributed by atoms with Crippen molar-refractivity contribution in [2.75, 3.05) is 5.32 Å². The van der Waals surface area contributed by atoms with Gasteiger partial charge in [-0.05, 0) is 44.9 Å². The molecule has 1 N–H and O–H groups in total. The van der Waals surface area contributed by atoms with Crippen molar-refractivity contribution in [1.82, 2.24) is 15.2 Å². The smallest absolute Gasteiger partial charge is 0.259 e. The van der Waals surface area contributed by atoms with Crippen molar-refractivity contribution in [2.24, 2.45) is 0 Å². The number of fused-ring (bicyclic) bond motifs is 1. The molecule has 5 nitrogen and oxygen atoms in total. The lowest BCUT2D eigenvalue weighted by atomic mass is 10.1. The zero-order chi connectivity index (χ0) is 16.0. The third-order valence-electron chi connectivity index (χ3n) is 3.99. The molecule has 0 bridgehead atoms. The van der Waals surface area contributed by atoms with Crippen LogP contribution in [0.25, 0.3) is 10.9 Å². The van der Waals surface area contributed by atoms with Gasteiger partial charge in [0.25, 0.3) is 5.91 Å². The van der Waals surface area contributed by atoms with E-state index in [1.165, 1.54) is 24.2 Å². The first-order valence-corrected chi connectivity index (χ1v) is 8.44. The normalized spacial score (nSPS) is 14.2. The lowest BCUT2D eigenvalue weighted by molar-refractivity contribution is 0.102. The van der Waals surface area contributed by atoms with Gasteiger partial charge in [0.15, 0.2) is 0 Å². The third kappa shape index (κ3) is 2.82. The number of hydrogen-bond donors (Lipinski definition) is 1. The Morgan fingerprint density at radius 1 is 1.22 bits per heavy atom. The van der Waals surface area contributed by atoms with Crippen molar-refractivity contribution in [3.8, 4) is 0 Å². The van der Waals surface area contributed by atoms with Gasteiger partial charge in [0.05, 0.1) is 16.8 Å². The average Bonchev–Trinajstić information content (AvgIpc) is 3.27. The molecule has 6 heteroatoms. The molecule has 0 radical (unpaired) electrons. The van der Waals surface area contributed by atoms with Crippen LogP contribution in [0.2, 0.25) is 0 Å². The van der Waals surface area contributed by atoms with Gasteiger partial charge in [-0.15, -0.1) is 10.2 Å². The molecule has 2 aromatic heterocycles. The number of carbonyl (C=O) groups is 1. The van der Waals surface area contributed by atoms with Gasteiger partial charge in [-0.25, -0.2) is 0 Å². The SMILES string of the molecule is Cc1ccc2nc(C)c(C(=O)Nc3nnc(C4CC4)s3)cc2c1. The van der Waals surface area contributed by atoms with Crippen LogP contribution in [0.15, 0.2) is 24.3 Å². The topological polar surface area (TPSA) is 67.8 Å². The van der Waals surface area contributed by atoms with Crippen molar-refractivity contribution in [3.63, 3.8) is 0 Å². The highest BCUT2D eigenvalue weighted by Gasteiger charge is 2.27. The fourth-order valence-electron chi connectivity index (χ4n) is 2.57. The van der Waals surface area contributed by atoms with E-state index in [0.717, 1.165) is 21.5 Å². The quantitative estimate of drug-likeness (QED) is 0.795. The Morgan fingerprint density at radius 3 is 2.83 bits per heavy atom. The first kappa shape index (κ1) is 14.3. The van der Waals surface area contributed by atoms with Gasteiger partial charge < -0.3 is 0 Å². The summed E-state index contributed by atoms with van der Waals surface area (Å²) in [5, 5.41) is 13.6. The standard InChI is InChI=1S/C17H16N4OS/c1-9-3-6-14-12(7-9)8-13(10(2)18-14)15(22)19-17-21-20-16(23-17)11-4-5-11/h3,6-8,11H,4-5H2,1-2H3,(H,19,21,22). The highest BCUT2D eigenvalue weighted by atomic mass is 32.1. The minimum Gasteiger partial charge on any atom is -0.296 e. The summed E-state index contributed by atoms with van der Waals surface area (Å²) in [4.78, 5) is 17.1. The third-order valence-corrected chi connectivity index (χ3v) is 4.99. The van der Waals surface area contributed by atoms with Crippen molar-refractivity contribution in [2.45, 2.75) is 32.6 Å². The molecule has 116 valence electrons. The van der Waals surface area contributed by atoms with Crippen LogP contribution in [0.3, 0.4) is 0 Å². The molecule has 1 aromatic carbocycles. The molecule has 23 heavy (non-hydrogen) atoms. The number of nitrogens with one attached hydrogen (secondary N) is 1. The summed E-state index contributed by atoms with van der Waals surface area (Å²) in [6.45, 7) is 3.88. The minimum absolute atomic E-state index is 0.183. The predicted molar refractivity (Wildman–Crippen MR) is 91.1 cm³/mol. The molecule has 4 rings (SSSR count). The Kier molecular flexibility index (Phi) is 3.34. The highest BCUT2D eigenvalue weighted by molar-refractivity contribution is 7.15. The zero-order valence-corrected chi connectivity index (χ0v) is 13.8. The van der Waals surface area contributed by atoms with Crippen LogP contribution in [-0.4, -0.2) is 21.1 Å². The average molecular weight is 324 g/mol. The van der Waals surface area contributed by atoms with Gasteiger partial charge in [-0.1, -0.05) is 23.0 Å². The molecule has 0 unspecified atom stereocenters. The maximum atomic E-state index is 12.5. The molecular weight excluding hydrogens is 308 g/mol. The van der Waals surface area contributed by atoms with Gasteiger partial charge >= 0.3 is 0 Å². The van der Waals surface area contributed by atoms with Crippen LogP contribution < -0.4 is 5.32 Å². The van der Waals surface area contributed by atoms with Crippen LogP contribution in [0, 0.1) is 13.8 Å². The van der Waals surface area contributed by atoms with E-state index in [0.29, 0.717) is 22.3 Å². The molecule has 1 amide bonds. The Morgan fingerprint density at radius 2 is 2.04 bits per heavy atom. The van der Waals surface area contributed by atoms with Gasteiger partial charge in [0.1, 0.15) is 5.01 Å². The lowest BCUT2D eigenvalue weighted by Gasteiger charge is -2.07. The number of pyridine rings is 1. The highest BCUT2D eigenvalue weighted by Crippen LogP contribution is 2.42. The molecule has 1 aliphatic rings. The predicted octanol–water partition coefficient (Wildman–Crippen LogP) is 3.83. The van der Waals surface area contributed by atoms with E-state index in [1.807, 2.05) is 38.1 Å². The molecule has 1 saturated carbocycles. The number of benzene rings is 1. The minimum atomic E-state index is -0.183. The van der Waals surface area contributed by atoms with Gasteiger partial charge in [0, 0.05) is 11.3 Å². The summed E-state index contributed by atoms with van der Waals surface area (Å²) >= 11 is 1.46. The van der Waals surface area contributed by atoms with Crippen LogP contribution in [0.5, 0.6) is 0 Å². The largest absolute Gasteiger partial charge is 0.296 e. The van der Waals surface area contributed by atoms with Gasteiger partial charge in [0.2, 0.25) is 5.13 Å². The number of hydrogen-bond acceptors (Lipinski definition) is 5. The van der Waals surface area contributed by atoms with Crippen LogP contribution in [-0.2, 0) is 0 Å². The number of amides is 1. The second kappa shape index (κ2) is 5.38. The molecular formula is C17H16N4OS. The van der Waals surface area contributed by atoms with E-state index in [2.05, 4.69) is 20.5 Å². The van der Waals surface area contributed by atoms with Crippen LogP contribution in [0.1, 0.15) is 45.4 Å². The molecule has 1 aliphatic carbocycles. The summed E-state index contributed by atoms with van der Waals surface area (Å²) in [7, 11) is 0. The van der Waals surface area contributed by atoms with Crippen molar-refractivity contribution in [3.05, 3.63) is 46.1 Å². The van der Waals surface area contributed by atoms with Gasteiger partial charge in [-0.2, -0.15) is 0 Å². The van der Waals surface area contributed by atoms with Gasteiger partial charge in [-0.3, -0.25) is 15.1 Å².